The van der Waals surface area contributed by atoms with E-state index in [1.165, 1.54) is 23.3 Å². The first-order valence-corrected chi connectivity index (χ1v) is 6.04. The zero-order valence-corrected chi connectivity index (χ0v) is 10.6. The van der Waals surface area contributed by atoms with Gasteiger partial charge in [-0.2, -0.15) is 13.2 Å². The summed E-state index contributed by atoms with van der Waals surface area (Å²) >= 11 is 0. The Morgan fingerprint density at radius 1 is 1.00 bits per heavy atom. The standard InChI is InChI=1S/C14H9F3N4/c15-14(16,17)12-8-11(10-4-2-1-3-5-10)19-13(20-12)21-7-6-18-9-21/h1-9H. The van der Waals surface area contributed by atoms with Gasteiger partial charge in [-0.15, -0.1) is 0 Å². The van der Waals surface area contributed by atoms with E-state index in [1.807, 2.05) is 0 Å². The van der Waals surface area contributed by atoms with E-state index in [-0.39, 0.29) is 11.6 Å². The first kappa shape index (κ1) is 13.3. The van der Waals surface area contributed by atoms with Gasteiger partial charge in [0.15, 0.2) is 5.69 Å². The van der Waals surface area contributed by atoms with Crippen LogP contribution in [0.5, 0.6) is 0 Å². The van der Waals surface area contributed by atoms with Gasteiger partial charge in [-0.05, 0) is 6.07 Å². The number of alkyl halides is 3. The van der Waals surface area contributed by atoms with Crippen LogP contribution in [0, 0.1) is 0 Å². The SMILES string of the molecule is FC(F)(F)c1cc(-c2ccccc2)nc(-n2ccnc2)n1. The molecule has 0 N–H and O–H groups in total. The lowest BCUT2D eigenvalue weighted by Crippen LogP contribution is -2.12. The molecule has 0 radical (unpaired) electrons. The van der Waals surface area contributed by atoms with Crippen LogP contribution in [0.25, 0.3) is 17.2 Å². The third-order valence-corrected chi connectivity index (χ3v) is 2.81. The molecule has 0 spiro atoms. The maximum absolute atomic E-state index is 13.0. The van der Waals surface area contributed by atoms with Crippen molar-refractivity contribution in [2.45, 2.75) is 6.18 Å². The van der Waals surface area contributed by atoms with Crippen molar-refractivity contribution in [2.75, 3.05) is 0 Å². The Balaban J connectivity index is 2.19. The second kappa shape index (κ2) is 5.01. The summed E-state index contributed by atoms with van der Waals surface area (Å²) in [6, 6.07) is 9.59. The summed E-state index contributed by atoms with van der Waals surface area (Å²) in [6.07, 6.45) is -0.248. The number of rotatable bonds is 2. The Hall–Kier alpha value is -2.70. The van der Waals surface area contributed by atoms with Crippen LogP contribution < -0.4 is 0 Å². The van der Waals surface area contributed by atoms with Crippen molar-refractivity contribution in [3.63, 3.8) is 0 Å². The molecule has 3 rings (SSSR count). The summed E-state index contributed by atoms with van der Waals surface area (Å²) in [5.74, 6) is -0.0684. The Bertz CT molecular complexity index is 737. The predicted octanol–water partition coefficient (Wildman–Crippen LogP) is 3.35. The fourth-order valence-corrected chi connectivity index (χ4v) is 1.83. The van der Waals surface area contributed by atoms with Gasteiger partial charge in [-0.3, -0.25) is 4.57 Å². The maximum atomic E-state index is 13.0. The first-order valence-electron chi connectivity index (χ1n) is 6.04. The molecule has 0 aliphatic heterocycles. The van der Waals surface area contributed by atoms with Crippen LogP contribution in [0.1, 0.15) is 5.69 Å². The molecule has 7 heteroatoms. The molecule has 4 nitrogen and oxygen atoms in total. The molecule has 2 aromatic heterocycles. The third kappa shape index (κ3) is 2.76. The van der Waals surface area contributed by atoms with Gasteiger partial charge in [-0.25, -0.2) is 15.0 Å². The van der Waals surface area contributed by atoms with Crippen LogP contribution in [-0.2, 0) is 6.18 Å². The molecule has 0 aliphatic rings. The number of hydrogen-bond acceptors (Lipinski definition) is 3. The predicted molar refractivity (Wildman–Crippen MR) is 69.6 cm³/mol. The quantitative estimate of drug-likeness (QED) is 0.727. The van der Waals surface area contributed by atoms with Gasteiger partial charge in [0, 0.05) is 18.0 Å². The largest absolute Gasteiger partial charge is 0.433 e. The number of aromatic nitrogens is 4. The van der Waals surface area contributed by atoms with Crippen molar-refractivity contribution in [1.82, 2.24) is 19.5 Å². The molecule has 2 heterocycles. The van der Waals surface area contributed by atoms with Gasteiger partial charge in [0.05, 0.1) is 5.69 Å². The summed E-state index contributed by atoms with van der Waals surface area (Å²) in [5, 5.41) is 0. The van der Waals surface area contributed by atoms with Gasteiger partial charge in [-0.1, -0.05) is 30.3 Å². The summed E-state index contributed by atoms with van der Waals surface area (Å²) in [7, 11) is 0. The van der Waals surface area contributed by atoms with Gasteiger partial charge in [0.2, 0.25) is 5.95 Å². The highest BCUT2D eigenvalue weighted by molar-refractivity contribution is 5.60. The molecule has 0 atom stereocenters. The second-order valence-electron chi connectivity index (χ2n) is 4.27. The zero-order chi connectivity index (χ0) is 14.9. The van der Waals surface area contributed by atoms with Crippen molar-refractivity contribution in [1.29, 1.82) is 0 Å². The van der Waals surface area contributed by atoms with E-state index < -0.39 is 11.9 Å². The van der Waals surface area contributed by atoms with E-state index >= 15 is 0 Å². The van der Waals surface area contributed by atoms with E-state index in [1.54, 1.807) is 30.3 Å². The number of benzene rings is 1. The van der Waals surface area contributed by atoms with E-state index in [0.717, 1.165) is 6.07 Å². The van der Waals surface area contributed by atoms with E-state index in [9.17, 15) is 13.2 Å². The summed E-state index contributed by atoms with van der Waals surface area (Å²) < 4.78 is 40.3. The molecule has 1 aromatic carbocycles. The lowest BCUT2D eigenvalue weighted by atomic mass is 10.1. The van der Waals surface area contributed by atoms with Gasteiger partial charge in [0.1, 0.15) is 6.33 Å². The number of halogens is 3. The normalized spacial score (nSPS) is 11.6. The molecule has 0 bridgehead atoms. The van der Waals surface area contributed by atoms with Crippen molar-refractivity contribution in [3.05, 3.63) is 60.8 Å². The van der Waals surface area contributed by atoms with Crippen LogP contribution >= 0.6 is 0 Å². The minimum Gasteiger partial charge on any atom is -0.274 e. The fraction of sp³-hybridized carbons (Fsp3) is 0.0714. The van der Waals surface area contributed by atoms with Crippen LogP contribution in [0.3, 0.4) is 0 Å². The number of imidazole rings is 1. The van der Waals surface area contributed by atoms with E-state index in [2.05, 4.69) is 15.0 Å². The number of hydrogen-bond donors (Lipinski definition) is 0. The summed E-state index contributed by atoms with van der Waals surface area (Å²) in [6.45, 7) is 0. The molecular formula is C14H9F3N4. The van der Waals surface area contributed by atoms with Crippen LogP contribution in [0.15, 0.2) is 55.1 Å². The van der Waals surface area contributed by atoms with E-state index in [4.69, 9.17) is 0 Å². The zero-order valence-electron chi connectivity index (χ0n) is 10.6. The average Bonchev–Trinajstić information content (AvgIpc) is 3.01. The third-order valence-electron chi connectivity index (χ3n) is 2.81. The molecule has 106 valence electrons. The summed E-state index contributed by atoms with van der Waals surface area (Å²) in [5.41, 5.74) is -0.187. The topological polar surface area (TPSA) is 43.6 Å². The first-order chi connectivity index (χ1) is 10.0. The molecule has 21 heavy (non-hydrogen) atoms. The minimum atomic E-state index is -4.54. The van der Waals surface area contributed by atoms with E-state index in [0.29, 0.717) is 5.56 Å². The van der Waals surface area contributed by atoms with Crippen molar-refractivity contribution in [3.8, 4) is 17.2 Å². The fourth-order valence-electron chi connectivity index (χ4n) is 1.83. The van der Waals surface area contributed by atoms with Crippen molar-refractivity contribution in [2.24, 2.45) is 0 Å². The second-order valence-corrected chi connectivity index (χ2v) is 4.27. The highest BCUT2D eigenvalue weighted by Gasteiger charge is 2.34. The Labute approximate surface area is 117 Å². The smallest absolute Gasteiger partial charge is 0.274 e. The van der Waals surface area contributed by atoms with Gasteiger partial charge < -0.3 is 0 Å². The molecular weight excluding hydrogens is 281 g/mol. The van der Waals surface area contributed by atoms with Crippen LogP contribution in [0.2, 0.25) is 0 Å². The lowest BCUT2D eigenvalue weighted by molar-refractivity contribution is -0.141. The lowest BCUT2D eigenvalue weighted by Gasteiger charge is -2.10. The monoisotopic (exact) mass is 290 g/mol. The Morgan fingerprint density at radius 3 is 2.38 bits per heavy atom. The van der Waals surface area contributed by atoms with Crippen molar-refractivity contribution >= 4 is 0 Å². The maximum Gasteiger partial charge on any atom is 0.433 e. The highest BCUT2D eigenvalue weighted by Crippen LogP contribution is 2.30. The molecule has 0 fully saturated rings. The Morgan fingerprint density at radius 2 is 1.76 bits per heavy atom. The summed E-state index contributed by atoms with van der Waals surface area (Å²) in [4.78, 5) is 11.5. The van der Waals surface area contributed by atoms with Crippen molar-refractivity contribution < 1.29 is 13.2 Å². The Kier molecular flexibility index (Phi) is 3.17. The molecule has 3 aromatic rings. The van der Waals surface area contributed by atoms with Gasteiger partial charge in [0.25, 0.3) is 0 Å². The van der Waals surface area contributed by atoms with Crippen LogP contribution in [0.4, 0.5) is 13.2 Å². The molecule has 0 aliphatic carbocycles. The molecule has 0 saturated carbocycles. The highest BCUT2D eigenvalue weighted by atomic mass is 19.4. The average molecular weight is 290 g/mol. The minimum absolute atomic E-state index is 0.0684. The van der Waals surface area contributed by atoms with Gasteiger partial charge >= 0.3 is 6.18 Å². The molecule has 0 unspecified atom stereocenters. The molecule has 0 saturated heterocycles. The molecule has 0 amide bonds. The van der Waals surface area contributed by atoms with Crippen LogP contribution in [-0.4, -0.2) is 19.5 Å². The number of nitrogens with zero attached hydrogens (tertiary/aromatic N) is 4.